The van der Waals surface area contributed by atoms with E-state index in [9.17, 15) is 5.11 Å². The number of thiophene rings is 2. The maximum atomic E-state index is 10.3. The van der Waals surface area contributed by atoms with Crippen LogP contribution in [-0.2, 0) is 0 Å². The Hall–Kier alpha value is -0.0600. The molecular weight excluding hydrogens is 283 g/mol. The minimum Gasteiger partial charge on any atom is -0.383 e. The van der Waals surface area contributed by atoms with Crippen LogP contribution in [0.3, 0.4) is 0 Å². The lowest BCUT2D eigenvalue weighted by Gasteiger charge is -2.08. The first-order valence-corrected chi connectivity index (χ1v) is 7.07. The summed E-state index contributed by atoms with van der Waals surface area (Å²) in [6, 6.07) is 3.79. The Balaban J connectivity index is 2.42. The third-order valence-electron chi connectivity index (χ3n) is 2.31. The summed E-state index contributed by atoms with van der Waals surface area (Å²) in [7, 11) is 0. The molecule has 2 rings (SSSR count). The maximum absolute atomic E-state index is 10.3. The van der Waals surface area contributed by atoms with Gasteiger partial charge in [0, 0.05) is 15.3 Å². The number of halogens is 2. The van der Waals surface area contributed by atoms with Gasteiger partial charge in [0.25, 0.3) is 0 Å². The molecule has 2 aromatic rings. The van der Waals surface area contributed by atoms with Crippen molar-refractivity contribution < 1.29 is 5.11 Å². The molecule has 0 aliphatic rings. The topological polar surface area (TPSA) is 20.2 Å². The van der Waals surface area contributed by atoms with Crippen molar-refractivity contribution in [2.75, 3.05) is 0 Å². The highest BCUT2D eigenvalue weighted by Gasteiger charge is 2.20. The second kappa shape index (κ2) is 4.67. The molecule has 1 nitrogen and oxygen atoms in total. The van der Waals surface area contributed by atoms with Crippen LogP contribution in [0.2, 0.25) is 8.67 Å². The Bertz CT molecular complexity index is 470. The van der Waals surface area contributed by atoms with Crippen molar-refractivity contribution in [1.29, 1.82) is 0 Å². The van der Waals surface area contributed by atoms with E-state index in [1.807, 2.05) is 13.8 Å². The molecule has 86 valence electrons. The van der Waals surface area contributed by atoms with Gasteiger partial charge in [-0.3, -0.25) is 0 Å². The van der Waals surface area contributed by atoms with Gasteiger partial charge in [0.1, 0.15) is 10.4 Å². The van der Waals surface area contributed by atoms with Crippen molar-refractivity contribution in [1.82, 2.24) is 0 Å². The second-order valence-corrected chi connectivity index (χ2v) is 7.16. The van der Waals surface area contributed by atoms with E-state index in [0.717, 1.165) is 10.4 Å². The summed E-state index contributed by atoms with van der Waals surface area (Å²) in [5, 5.41) is 10.3. The van der Waals surface area contributed by atoms with Gasteiger partial charge in [-0.05, 0) is 31.5 Å². The highest BCUT2D eigenvalue weighted by Crippen LogP contribution is 2.40. The fourth-order valence-corrected chi connectivity index (χ4v) is 4.17. The zero-order valence-electron chi connectivity index (χ0n) is 8.75. The molecule has 0 amide bonds. The van der Waals surface area contributed by atoms with E-state index < -0.39 is 6.10 Å². The van der Waals surface area contributed by atoms with Gasteiger partial charge in [0.2, 0.25) is 0 Å². The average Bonchev–Trinajstić information content (AvgIpc) is 2.68. The fourth-order valence-electron chi connectivity index (χ4n) is 1.61. The molecule has 1 unspecified atom stereocenters. The van der Waals surface area contributed by atoms with E-state index in [2.05, 4.69) is 6.07 Å². The molecule has 0 aliphatic carbocycles. The molecule has 0 aromatic carbocycles. The van der Waals surface area contributed by atoms with Crippen LogP contribution >= 0.6 is 45.9 Å². The first-order chi connectivity index (χ1) is 7.49. The van der Waals surface area contributed by atoms with E-state index in [1.54, 1.807) is 17.4 Å². The summed E-state index contributed by atoms with van der Waals surface area (Å²) >= 11 is 14.8. The normalized spacial score (nSPS) is 13.1. The van der Waals surface area contributed by atoms with Crippen molar-refractivity contribution in [2.45, 2.75) is 20.0 Å². The molecule has 5 heteroatoms. The van der Waals surface area contributed by atoms with E-state index >= 15 is 0 Å². The molecule has 2 heterocycles. The van der Waals surface area contributed by atoms with Gasteiger partial charge in [-0.1, -0.05) is 23.2 Å². The van der Waals surface area contributed by atoms with Crippen molar-refractivity contribution >= 4 is 45.9 Å². The number of rotatable bonds is 2. The monoisotopic (exact) mass is 292 g/mol. The van der Waals surface area contributed by atoms with Gasteiger partial charge in [0.05, 0.1) is 4.34 Å². The third-order valence-corrected chi connectivity index (χ3v) is 5.03. The molecule has 0 radical (unpaired) electrons. The van der Waals surface area contributed by atoms with Crippen LogP contribution in [-0.4, -0.2) is 5.11 Å². The Morgan fingerprint density at radius 2 is 1.88 bits per heavy atom. The van der Waals surface area contributed by atoms with E-state index in [0.29, 0.717) is 14.2 Å². The minimum atomic E-state index is -0.671. The quantitative estimate of drug-likeness (QED) is 0.842. The highest BCUT2D eigenvalue weighted by atomic mass is 35.5. The Labute approximate surface area is 112 Å². The summed E-state index contributed by atoms with van der Waals surface area (Å²) in [5.74, 6) is 0. The van der Waals surface area contributed by atoms with Crippen LogP contribution in [0.1, 0.15) is 27.0 Å². The van der Waals surface area contributed by atoms with Gasteiger partial charge in [-0.25, -0.2) is 0 Å². The van der Waals surface area contributed by atoms with E-state index in [-0.39, 0.29) is 0 Å². The number of aliphatic hydroxyl groups is 1. The molecule has 1 N–H and O–H groups in total. The summed E-state index contributed by atoms with van der Waals surface area (Å²) in [5.41, 5.74) is 1.79. The zero-order valence-corrected chi connectivity index (χ0v) is 11.9. The van der Waals surface area contributed by atoms with Crippen LogP contribution in [0.15, 0.2) is 12.1 Å². The number of hydrogen-bond acceptors (Lipinski definition) is 3. The van der Waals surface area contributed by atoms with Crippen LogP contribution in [0.5, 0.6) is 0 Å². The Morgan fingerprint density at radius 3 is 2.31 bits per heavy atom. The number of aliphatic hydroxyl groups excluding tert-OH is 1. The molecular formula is C11H10Cl2OS2. The molecule has 16 heavy (non-hydrogen) atoms. The SMILES string of the molecule is Cc1cc(C)c(C(O)c2cc(Cl)sc2Cl)s1. The zero-order chi connectivity index (χ0) is 11.9. The van der Waals surface area contributed by atoms with Crippen molar-refractivity contribution in [3.05, 3.63) is 41.7 Å². The fraction of sp³-hybridized carbons (Fsp3) is 0.273. The molecule has 0 saturated heterocycles. The summed E-state index contributed by atoms with van der Waals surface area (Å²) in [6.07, 6.45) is -0.671. The summed E-state index contributed by atoms with van der Waals surface area (Å²) in [6.45, 7) is 4.01. The largest absolute Gasteiger partial charge is 0.383 e. The lowest BCUT2D eigenvalue weighted by Crippen LogP contribution is -1.97. The predicted molar refractivity (Wildman–Crippen MR) is 72.2 cm³/mol. The molecule has 1 atom stereocenters. The van der Waals surface area contributed by atoms with Crippen LogP contribution in [0, 0.1) is 13.8 Å². The molecule has 0 saturated carbocycles. The summed E-state index contributed by atoms with van der Waals surface area (Å²) in [4.78, 5) is 2.12. The van der Waals surface area contributed by atoms with Crippen LogP contribution < -0.4 is 0 Å². The molecule has 0 bridgehead atoms. The smallest absolute Gasteiger partial charge is 0.116 e. The summed E-state index contributed by atoms with van der Waals surface area (Å²) < 4.78 is 1.16. The Kier molecular flexibility index (Phi) is 3.62. The van der Waals surface area contributed by atoms with Gasteiger partial charge >= 0.3 is 0 Å². The first kappa shape index (κ1) is 12.4. The molecule has 0 fully saturated rings. The van der Waals surface area contributed by atoms with Gasteiger partial charge in [-0.15, -0.1) is 22.7 Å². The van der Waals surface area contributed by atoms with Gasteiger partial charge in [-0.2, -0.15) is 0 Å². The van der Waals surface area contributed by atoms with Crippen LogP contribution in [0.25, 0.3) is 0 Å². The van der Waals surface area contributed by atoms with Crippen molar-refractivity contribution in [2.24, 2.45) is 0 Å². The lowest BCUT2D eigenvalue weighted by molar-refractivity contribution is 0.224. The van der Waals surface area contributed by atoms with Gasteiger partial charge < -0.3 is 5.11 Å². The predicted octanol–water partition coefficient (Wildman–Crippen LogP) is 4.81. The molecule has 0 aliphatic heterocycles. The Morgan fingerprint density at radius 1 is 1.19 bits per heavy atom. The number of aryl methyl sites for hydroxylation is 2. The van der Waals surface area contributed by atoms with Crippen molar-refractivity contribution in [3.8, 4) is 0 Å². The average molecular weight is 293 g/mol. The van der Waals surface area contributed by atoms with E-state index in [4.69, 9.17) is 23.2 Å². The lowest BCUT2D eigenvalue weighted by atomic mass is 10.1. The van der Waals surface area contributed by atoms with Gasteiger partial charge in [0.15, 0.2) is 0 Å². The molecule has 2 aromatic heterocycles. The minimum absolute atomic E-state index is 0.558. The first-order valence-electron chi connectivity index (χ1n) is 4.68. The standard InChI is InChI=1S/C11H10Cl2OS2/c1-5-3-6(2)15-10(5)9(14)7-4-8(12)16-11(7)13/h3-4,9,14H,1-2H3. The van der Waals surface area contributed by atoms with Crippen LogP contribution in [0.4, 0.5) is 0 Å². The van der Waals surface area contributed by atoms with Crippen molar-refractivity contribution in [3.63, 3.8) is 0 Å². The third kappa shape index (κ3) is 2.29. The number of hydrogen-bond donors (Lipinski definition) is 1. The van der Waals surface area contributed by atoms with E-state index in [1.165, 1.54) is 16.2 Å². The maximum Gasteiger partial charge on any atom is 0.116 e. The molecule has 0 spiro atoms. The second-order valence-electron chi connectivity index (χ2n) is 3.59. The highest BCUT2D eigenvalue weighted by molar-refractivity contribution is 7.20.